The van der Waals surface area contributed by atoms with Gasteiger partial charge in [-0.1, -0.05) is 12.1 Å². The summed E-state index contributed by atoms with van der Waals surface area (Å²) in [6.07, 6.45) is 3.73. The van der Waals surface area contributed by atoms with Crippen LogP contribution in [0.3, 0.4) is 0 Å². The highest BCUT2D eigenvalue weighted by Gasteiger charge is 2.25. The Morgan fingerprint density at radius 2 is 1.92 bits per heavy atom. The number of ether oxygens (including phenoxy) is 1. The smallest absolute Gasteiger partial charge is 0.213 e. The molecule has 140 valence electrons. The van der Waals surface area contributed by atoms with Crippen LogP contribution < -0.4 is 4.74 Å². The molecule has 2 aromatic rings. The van der Waals surface area contributed by atoms with Crippen LogP contribution >= 0.6 is 0 Å². The largest absolute Gasteiger partial charge is 0.477 e. The van der Waals surface area contributed by atoms with Crippen molar-refractivity contribution in [1.29, 1.82) is 0 Å². The van der Waals surface area contributed by atoms with Crippen LogP contribution in [0, 0.1) is 11.7 Å². The van der Waals surface area contributed by atoms with Crippen molar-refractivity contribution in [3.8, 4) is 17.0 Å². The lowest BCUT2D eigenvalue weighted by Gasteiger charge is -2.34. The summed E-state index contributed by atoms with van der Waals surface area (Å²) in [6, 6.07) is 10.2. The molecule has 0 bridgehead atoms. The summed E-state index contributed by atoms with van der Waals surface area (Å²) in [6.45, 7) is 6.19. The van der Waals surface area contributed by atoms with Crippen molar-refractivity contribution in [3.05, 3.63) is 48.4 Å². The number of nitrogens with zero attached hydrogens (tertiary/aromatic N) is 2. The van der Waals surface area contributed by atoms with E-state index in [1.165, 1.54) is 12.1 Å². The quantitative estimate of drug-likeness (QED) is 0.745. The Hall–Kier alpha value is -2.01. The average molecular weight is 360 g/mol. The lowest BCUT2D eigenvalue weighted by atomic mass is 9.97. The molecule has 0 amide bonds. The van der Waals surface area contributed by atoms with E-state index in [0.717, 1.165) is 37.1 Å². The Morgan fingerprint density at radius 3 is 2.54 bits per heavy atom. The summed E-state index contributed by atoms with van der Waals surface area (Å²) >= 11 is 0. The standard InChI is InChI=1S/C21H26F2N2O/c1-21(2,23)15-25-10-8-16(9-11-25)14-26-20-7-6-18(13-24-20)17-4-3-5-19(22)12-17/h3-7,12-13,16H,8-11,14-15H2,1-2H3. The van der Waals surface area contributed by atoms with Gasteiger partial charge in [-0.2, -0.15) is 0 Å². The van der Waals surface area contributed by atoms with Gasteiger partial charge in [0.05, 0.1) is 6.61 Å². The molecule has 0 saturated carbocycles. The zero-order valence-electron chi connectivity index (χ0n) is 15.4. The van der Waals surface area contributed by atoms with Crippen LogP contribution in [-0.2, 0) is 0 Å². The fourth-order valence-corrected chi connectivity index (χ4v) is 3.35. The Kier molecular flexibility index (Phi) is 5.87. The zero-order chi connectivity index (χ0) is 18.6. The van der Waals surface area contributed by atoms with Gasteiger partial charge in [-0.15, -0.1) is 0 Å². The Bertz CT molecular complexity index is 705. The average Bonchev–Trinajstić information content (AvgIpc) is 2.60. The van der Waals surface area contributed by atoms with Gasteiger partial charge in [0.25, 0.3) is 0 Å². The molecule has 1 aliphatic rings. The molecule has 5 heteroatoms. The van der Waals surface area contributed by atoms with Gasteiger partial charge in [0.2, 0.25) is 5.88 Å². The van der Waals surface area contributed by atoms with Crippen molar-refractivity contribution in [2.24, 2.45) is 5.92 Å². The number of likely N-dealkylation sites (tertiary alicyclic amines) is 1. The molecule has 1 aromatic carbocycles. The second-order valence-electron chi connectivity index (χ2n) is 7.64. The minimum atomic E-state index is -1.14. The highest BCUT2D eigenvalue weighted by Crippen LogP contribution is 2.23. The van der Waals surface area contributed by atoms with Crippen molar-refractivity contribution >= 4 is 0 Å². The number of alkyl halides is 1. The number of halogens is 2. The maximum atomic E-state index is 13.7. The van der Waals surface area contributed by atoms with Crippen molar-refractivity contribution in [2.75, 3.05) is 26.2 Å². The molecule has 26 heavy (non-hydrogen) atoms. The zero-order valence-corrected chi connectivity index (χ0v) is 15.4. The van der Waals surface area contributed by atoms with Gasteiger partial charge in [-0.05, 0) is 69.5 Å². The Morgan fingerprint density at radius 1 is 1.15 bits per heavy atom. The number of benzene rings is 1. The van der Waals surface area contributed by atoms with E-state index in [2.05, 4.69) is 9.88 Å². The number of pyridine rings is 1. The summed E-state index contributed by atoms with van der Waals surface area (Å²) in [5.41, 5.74) is 0.516. The minimum absolute atomic E-state index is 0.259. The molecule has 0 radical (unpaired) electrons. The number of rotatable bonds is 6. The molecule has 1 aliphatic heterocycles. The third-order valence-electron chi connectivity index (χ3n) is 4.67. The molecular formula is C21H26F2N2O. The van der Waals surface area contributed by atoms with Crippen LogP contribution in [0.1, 0.15) is 26.7 Å². The molecule has 1 aromatic heterocycles. The first kappa shape index (κ1) is 18.8. The predicted molar refractivity (Wildman–Crippen MR) is 99.5 cm³/mol. The van der Waals surface area contributed by atoms with Crippen LogP contribution in [0.15, 0.2) is 42.6 Å². The fourth-order valence-electron chi connectivity index (χ4n) is 3.35. The number of hydrogen-bond acceptors (Lipinski definition) is 3. The first-order valence-corrected chi connectivity index (χ1v) is 9.15. The third kappa shape index (κ3) is 5.49. The summed E-state index contributed by atoms with van der Waals surface area (Å²) in [5, 5.41) is 0. The van der Waals surface area contributed by atoms with Crippen LogP contribution in [0.4, 0.5) is 8.78 Å². The van der Waals surface area contributed by atoms with Crippen LogP contribution in [0.25, 0.3) is 11.1 Å². The first-order chi connectivity index (χ1) is 12.4. The van der Waals surface area contributed by atoms with Crippen molar-refractivity contribution in [1.82, 2.24) is 9.88 Å². The predicted octanol–water partition coefficient (Wildman–Crippen LogP) is 4.73. The van der Waals surface area contributed by atoms with E-state index in [1.807, 2.05) is 18.2 Å². The normalized spacial score (nSPS) is 16.6. The molecule has 0 spiro atoms. The molecule has 1 saturated heterocycles. The molecule has 3 rings (SSSR count). The summed E-state index contributed by atoms with van der Waals surface area (Å²) in [5.74, 6) is 0.793. The minimum Gasteiger partial charge on any atom is -0.477 e. The van der Waals surface area contributed by atoms with E-state index >= 15 is 0 Å². The van der Waals surface area contributed by atoms with Gasteiger partial charge in [-0.25, -0.2) is 13.8 Å². The van der Waals surface area contributed by atoms with Gasteiger partial charge < -0.3 is 9.64 Å². The molecule has 0 atom stereocenters. The maximum Gasteiger partial charge on any atom is 0.213 e. The van der Waals surface area contributed by atoms with Crippen LogP contribution in [0.5, 0.6) is 5.88 Å². The topological polar surface area (TPSA) is 25.4 Å². The van der Waals surface area contributed by atoms with E-state index in [-0.39, 0.29) is 5.82 Å². The molecule has 1 fully saturated rings. The molecule has 0 unspecified atom stereocenters. The third-order valence-corrected chi connectivity index (χ3v) is 4.67. The molecular weight excluding hydrogens is 334 g/mol. The second kappa shape index (κ2) is 8.12. The maximum absolute atomic E-state index is 13.7. The van der Waals surface area contributed by atoms with Gasteiger partial charge in [0, 0.05) is 24.4 Å². The fraction of sp³-hybridized carbons (Fsp3) is 0.476. The second-order valence-corrected chi connectivity index (χ2v) is 7.64. The summed E-state index contributed by atoms with van der Waals surface area (Å²) in [7, 11) is 0. The highest BCUT2D eigenvalue weighted by molar-refractivity contribution is 5.62. The molecule has 3 nitrogen and oxygen atoms in total. The number of hydrogen-bond donors (Lipinski definition) is 0. The Balaban J connectivity index is 1.47. The molecule has 0 N–H and O–H groups in total. The van der Waals surface area contributed by atoms with Gasteiger partial charge >= 0.3 is 0 Å². The van der Waals surface area contributed by atoms with E-state index in [9.17, 15) is 8.78 Å². The molecule has 2 heterocycles. The highest BCUT2D eigenvalue weighted by atomic mass is 19.1. The molecule has 0 aliphatic carbocycles. The van der Waals surface area contributed by atoms with E-state index in [4.69, 9.17) is 4.74 Å². The van der Waals surface area contributed by atoms with E-state index < -0.39 is 5.67 Å². The van der Waals surface area contributed by atoms with Crippen molar-refractivity contribution < 1.29 is 13.5 Å². The lowest BCUT2D eigenvalue weighted by molar-refractivity contribution is 0.0830. The first-order valence-electron chi connectivity index (χ1n) is 9.15. The van der Waals surface area contributed by atoms with E-state index in [0.29, 0.717) is 24.9 Å². The van der Waals surface area contributed by atoms with Crippen molar-refractivity contribution in [3.63, 3.8) is 0 Å². The van der Waals surface area contributed by atoms with E-state index in [1.54, 1.807) is 26.1 Å². The number of aromatic nitrogens is 1. The van der Waals surface area contributed by atoms with Crippen LogP contribution in [-0.4, -0.2) is 41.8 Å². The van der Waals surface area contributed by atoms with Crippen LogP contribution in [0.2, 0.25) is 0 Å². The monoisotopic (exact) mass is 360 g/mol. The summed E-state index contributed by atoms with van der Waals surface area (Å²) < 4.78 is 32.8. The summed E-state index contributed by atoms with van der Waals surface area (Å²) in [4.78, 5) is 6.51. The van der Waals surface area contributed by atoms with Gasteiger partial charge in [0.1, 0.15) is 11.5 Å². The SMILES string of the molecule is CC(C)(F)CN1CCC(COc2ccc(-c3cccc(F)c3)cn2)CC1. The van der Waals surface area contributed by atoms with Gasteiger partial charge in [0.15, 0.2) is 0 Å². The van der Waals surface area contributed by atoms with Crippen molar-refractivity contribution in [2.45, 2.75) is 32.4 Å². The number of piperidine rings is 1. The lowest BCUT2D eigenvalue weighted by Crippen LogP contribution is -2.41. The Labute approximate surface area is 154 Å². The van der Waals surface area contributed by atoms with Gasteiger partial charge in [-0.3, -0.25) is 0 Å².